The van der Waals surface area contributed by atoms with Crippen LogP contribution in [0.15, 0.2) is 0 Å². The smallest absolute Gasteiger partial charge is 0.180 e. The Kier molecular flexibility index (Phi) is 1.60. The molecule has 0 spiro atoms. The summed E-state index contributed by atoms with van der Waals surface area (Å²) >= 11 is 1.66. The predicted molar refractivity (Wildman–Crippen MR) is 47.9 cm³/mol. The van der Waals surface area contributed by atoms with Gasteiger partial charge < -0.3 is 5.73 Å². The van der Waals surface area contributed by atoms with E-state index >= 15 is 0 Å². The van der Waals surface area contributed by atoms with Crippen molar-refractivity contribution in [2.75, 3.05) is 5.73 Å². The van der Waals surface area contributed by atoms with Gasteiger partial charge >= 0.3 is 0 Å². The van der Waals surface area contributed by atoms with Crippen molar-refractivity contribution in [2.45, 2.75) is 32.1 Å². The SMILES string of the molecule is CC1CCCc2sc(N)nc21. The summed E-state index contributed by atoms with van der Waals surface area (Å²) in [4.78, 5) is 5.75. The van der Waals surface area contributed by atoms with Gasteiger partial charge in [-0.3, -0.25) is 0 Å². The molecule has 1 aromatic rings. The van der Waals surface area contributed by atoms with Gasteiger partial charge in [0.1, 0.15) is 0 Å². The van der Waals surface area contributed by atoms with Gasteiger partial charge in [-0.25, -0.2) is 4.98 Å². The first-order chi connectivity index (χ1) is 5.27. The van der Waals surface area contributed by atoms with Crippen LogP contribution in [0, 0.1) is 0 Å². The summed E-state index contributed by atoms with van der Waals surface area (Å²) in [6.45, 7) is 2.23. The zero-order valence-electron chi connectivity index (χ0n) is 6.63. The molecule has 1 heterocycles. The van der Waals surface area contributed by atoms with Crippen LogP contribution in [-0.4, -0.2) is 4.98 Å². The molecule has 0 amide bonds. The third-order valence-corrected chi connectivity index (χ3v) is 3.21. The van der Waals surface area contributed by atoms with Crippen LogP contribution in [-0.2, 0) is 6.42 Å². The van der Waals surface area contributed by atoms with Gasteiger partial charge in [0.05, 0.1) is 5.69 Å². The molecule has 2 nitrogen and oxygen atoms in total. The normalized spacial score (nSPS) is 23.2. The molecular weight excluding hydrogens is 156 g/mol. The van der Waals surface area contributed by atoms with Crippen molar-refractivity contribution in [1.82, 2.24) is 4.98 Å². The molecule has 60 valence electrons. The van der Waals surface area contributed by atoms with Gasteiger partial charge in [-0.05, 0) is 25.2 Å². The topological polar surface area (TPSA) is 38.9 Å². The molecule has 1 aliphatic rings. The average molecular weight is 168 g/mol. The van der Waals surface area contributed by atoms with Crippen LogP contribution >= 0.6 is 11.3 Å². The second kappa shape index (κ2) is 2.48. The summed E-state index contributed by atoms with van der Waals surface area (Å²) < 4.78 is 0. The van der Waals surface area contributed by atoms with Crippen LogP contribution in [0.2, 0.25) is 0 Å². The summed E-state index contributed by atoms with van der Waals surface area (Å²) in [6.07, 6.45) is 3.76. The molecule has 11 heavy (non-hydrogen) atoms. The fourth-order valence-electron chi connectivity index (χ4n) is 1.65. The maximum Gasteiger partial charge on any atom is 0.180 e. The Labute approximate surface area is 70.5 Å². The highest BCUT2D eigenvalue weighted by Crippen LogP contribution is 2.34. The first-order valence-corrected chi connectivity index (χ1v) is 4.84. The summed E-state index contributed by atoms with van der Waals surface area (Å²) in [5, 5.41) is 0.740. The lowest BCUT2D eigenvalue weighted by molar-refractivity contribution is 0.584. The third kappa shape index (κ3) is 1.13. The van der Waals surface area contributed by atoms with E-state index in [1.165, 1.54) is 29.8 Å². The van der Waals surface area contributed by atoms with E-state index in [2.05, 4.69) is 11.9 Å². The maximum absolute atomic E-state index is 5.63. The van der Waals surface area contributed by atoms with Crippen molar-refractivity contribution in [1.29, 1.82) is 0 Å². The van der Waals surface area contributed by atoms with Crippen molar-refractivity contribution >= 4 is 16.5 Å². The second-order valence-electron chi connectivity index (χ2n) is 3.15. The Bertz CT molecular complexity index is 267. The molecule has 1 aromatic heterocycles. The molecule has 1 atom stereocenters. The number of nitrogens with two attached hydrogens (primary N) is 1. The lowest BCUT2D eigenvalue weighted by atomic mass is 9.93. The largest absolute Gasteiger partial charge is 0.375 e. The van der Waals surface area contributed by atoms with Crippen molar-refractivity contribution in [3.63, 3.8) is 0 Å². The van der Waals surface area contributed by atoms with E-state index in [4.69, 9.17) is 5.73 Å². The monoisotopic (exact) mass is 168 g/mol. The minimum atomic E-state index is 0.632. The Morgan fingerprint density at radius 1 is 1.64 bits per heavy atom. The number of rotatable bonds is 0. The van der Waals surface area contributed by atoms with Crippen LogP contribution in [0.5, 0.6) is 0 Å². The summed E-state index contributed by atoms with van der Waals surface area (Å²) in [5.74, 6) is 0.632. The number of aryl methyl sites for hydroxylation is 1. The molecule has 0 saturated heterocycles. The van der Waals surface area contributed by atoms with Crippen LogP contribution in [0.1, 0.15) is 36.3 Å². The zero-order chi connectivity index (χ0) is 7.84. The first-order valence-electron chi connectivity index (χ1n) is 4.02. The van der Waals surface area contributed by atoms with Crippen LogP contribution in [0.25, 0.3) is 0 Å². The zero-order valence-corrected chi connectivity index (χ0v) is 7.45. The average Bonchev–Trinajstić information content (AvgIpc) is 2.31. The number of thiazole rings is 1. The minimum absolute atomic E-state index is 0.632. The van der Waals surface area contributed by atoms with Crippen LogP contribution in [0.4, 0.5) is 5.13 Å². The first kappa shape index (κ1) is 7.10. The van der Waals surface area contributed by atoms with Crippen molar-refractivity contribution in [2.24, 2.45) is 0 Å². The molecule has 0 fully saturated rings. The van der Waals surface area contributed by atoms with Gasteiger partial charge in [0.2, 0.25) is 0 Å². The molecule has 0 aliphatic heterocycles. The van der Waals surface area contributed by atoms with Crippen LogP contribution in [0.3, 0.4) is 0 Å². The highest BCUT2D eigenvalue weighted by Gasteiger charge is 2.19. The van der Waals surface area contributed by atoms with Gasteiger partial charge in [0, 0.05) is 4.88 Å². The van der Waals surface area contributed by atoms with E-state index < -0.39 is 0 Å². The van der Waals surface area contributed by atoms with E-state index in [-0.39, 0.29) is 0 Å². The van der Waals surface area contributed by atoms with E-state index in [9.17, 15) is 0 Å². The number of aromatic nitrogens is 1. The van der Waals surface area contributed by atoms with Gasteiger partial charge in [-0.15, -0.1) is 11.3 Å². The van der Waals surface area contributed by atoms with Gasteiger partial charge in [-0.2, -0.15) is 0 Å². The predicted octanol–water partition coefficient (Wildman–Crippen LogP) is 2.17. The highest BCUT2D eigenvalue weighted by atomic mass is 32.1. The number of hydrogen-bond acceptors (Lipinski definition) is 3. The summed E-state index contributed by atoms with van der Waals surface area (Å²) in [6, 6.07) is 0. The molecule has 1 aliphatic carbocycles. The van der Waals surface area contributed by atoms with Crippen molar-refractivity contribution < 1.29 is 0 Å². The number of nitrogen functional groups attached to an aromatic ring is 1. The van der Waals surface area contributed by atoms with Crippen molar-refractivity contribution in [3.05, 3.63) is 10.6 Å². The number of hydrogen-bond donors (Lipinski definition) is 1. The minimum Gasteiger partial charge on any atom is -0.375 e. The fraction of sp³-hybridized carbons (Fsp3) is 0.625. The standard InChI is InChI=1S/C8H12N2S/c1-5-3-2-4-6-7(5)10-8(9)11-6/h5H,2-4H2,1H3,(H2,9,10). The molecule has 3 heteroatoms. The molecular formula is C8H12N2S. The molecule has 0 saturated carbocycles. The molecule has 0 radical (unpaired) electrons. The van der Waals surface area contributed by atoms with E-state index in [0.29, 0.717) is 5.92 Å². The number of anilines is 1. The fourth-order valence-corrected chi connectivity index (χ4v) is 2.65. The number of fused-ring (bicyclic) bond motifs is 1. The quantitative estimate of drug-likeness (QED) is 0.644. The number of nitrogens with zero attached hydrogens (tertiary/aromatic N) is 1. The highest BCUT2D eigenvalue weighted by molar-refractivity contribution is 7.15. The molecule has 0 bridgehead atoms. The molecule has 0 aromatic carbocycles. The van der Waals surface area contributed by atoms with E-state index in [1.807, 2.05) is 0 Å². The van der Waals surface area contributed by atoms with Crippen LogP contribution < -0.4 is 5.73 Å². The molecule has 1 unspecified atom stereocenters. The maximum atomic E-state index is 5.63. The Hall–Kier alpha value is -0.570. The van der Waals surface area contributed by atoms with Gasteiger partial charge in [0.25, 0.3) is 0 Å². The Morgan fingerprint density at radius 2 is 2.45 bits per heavy atom. The van der Waals surface area contributed by atoms with Gasteiger partial charge in [-0.1, -0.05) is 6.92 Å². The summed E-state index contributed by atoms with van der Waals surface area (Å²) in [5.41, 5.74) is 6.89. The molecule has 2 rings (SSSR count). The van der Waals surface area contributed by atoms with E-state index in [1.54, 1.807) is 11.3 Å². The van der Waals surface area contributed by atoms with E-state index in [0.717, 1.165) is 5.13 Å². The summed E-state index contributed by atoms with van der Waals surface area (Å²) in [7, 11) is 0. The second-order valence-corrected chi connectivity index (χ2v) is 4.27. The van der Waals surface area contributed by atoms with Gasteiger partial charge in [0.15, 0.2) is 5.13 Å². The van der Waals surface area contributed by atoms with Crippen molar-refractivity contribution in [3.8, 4) is 0 Å². The Morgan fingerprint density at radius 3 is 3.18 bits per heavy atom. The molecule has 2 N–H and O–H groups in total. The third-order valence-electron chi connectivity index (χ3n) is 2.25. The Balaban J connectivity index is 2.43. The lowest BCUT2D eigenvalue weighted by Crippen LogP contribution is -2.04. The lowest BCUT2D eigenvalue weighted by Gasteiger charge is -2.15.